The van der Waals surface area contributed by atoms with Crippen molar-refractivity contribution < 1.29 is 14.2 Å². The van der Waals surface area contributed by atoms with Gasteiger partial charge in [-0.25, -0.2) is 4.39 Å². The highest BCUT2D eigenvalue weighted by Crippen LogP contribution is 2.28. The lowest BCUT2D eigenvalue weighted by atomic mass is 10.0. The second kappa shape index (κ2) is 9.01. The molecule has 2 heterocycles. The van der Waals surface area contributed by atoms with E-state index >= 15 is 0 Å². The van der Waals surface area contributed by atoms with Gasteiger partial charge in [0, 0.05) is 45.3 Å². The number of hydrogen-bond donors (Lipinski definition) is 1. The number of anilines is 1. The monoisotopic (exact) mass is 399 g/mol. The molecule has 2 aliphatic heterocycles. The predicted molar refractivity (Wildman–Crippen MR) is 113 cm³/mol. The molecule has 2 aromatic rings. The molecule has 0 amide bonds. The van der Waals surface area contributed by atoms with Crippen LogP contribution in [0.2, 0.25) is 0 Å². The lowest BCUT2D eigenvalue weighted by Gasteiger charge is -2.44. The highest BCUT2D eigenvalue weighted by molar-refractivity contribution is 5.48. The zero-order valence-electron chi connectivity index (χ0n) is 17.1. The third-order valence-corrected chi connectivity index (χ3v) is 6.15. The normalized spacial score (nSPS) is 21.3. The summed E-state index contributed by atoms with van der Waals surface area (Å²) >= 11 is 0. The second-order valence-corrected chi connectivity index (χ2v) is 8.01. The summed E-state index contributed by atoms with van der Waals surface area (Å²) in [6.45, 7) is 6.68. The van der Waals surface area contributed by atoms with Gasteiger partial charge < -0.3 is 14.7 Å². The maximum Gasteiger partial charge on any atom is 0.160 e. The van der Waals surface area contributed by atoms with Gasteiger partial charge in [0.05, 0.1) is 12.8 Å². The van der Waals surface area contributed by atoms with Gasteiger partial charge in [-0.3, -0.25) is 9.80 Å². The molecule has 0 spiro atoms. The minimum absolute atomic E-state index is 0.130. The molecule has 1 atom stereocenters. The fraction of sp³-hybridized carbons (Fsp3) is 0.478. The molecule has 0 aliphatic carbocycles. The Morgan fingerprint density at radius 1 is 1.07 bits per heavy atom. The number of para-hydroxylation sites is 1. The third kappa shape index (κ3) is 4.65. The first-order valence-electron chi connectivity index (χ1n) is 10.5. The van der Waals surface area contributed by atoms with Crippen LogP contribution in [-0.2, 0) is 6.54 Å². The molecule has 0 aromatic heterocycles. The van der Waals surface area contributed by atoms with E-state index in [1.807, 2.05) is 24.3 Å². The zero-order valence-corrected chi connectivity index (χ0v) is 17.1. The number of hydrogen-bond acceptors (Lipinski definition) is 5. The van der Waals surface area contributed by atoms with E-state index in [4.69, 9.17) is 4.74 Å². The molecule has 0 saturated carbocycles. The number of piperidine rings is 1. The van der Waals surface area contributed by atoms with Crippen molar-refractivity contribution in [2.24, 2.45) is 0 Å². The van der Waals surface area contributed by atoms with Gasteiger partial charge in [0.25, 0.3) is 0 Å². The van der Waals surface area contributed by atoms with E-state index < -0.39 is 0 Å². The van der Waals surface area contributed by atoms with Gasteiger partial charge >= 0.3 is 0 Å². The van der Waals surface area contributed by atoms with Crippen LogP contribution in [0.5, 0.6) is 11.5 Å². The molecular formula is C23H30FN3O2. The Hall–Kier alpha value is -2.31. The van der Waals surface area contributed by atoms with Crippen LogP contribution < -0.4 is 9.64 Å². The highest BCUT2D eigenvalue weighted by atomic mass is 19.1. The Labute approximate surface area is 172 Å². The van der Waals surface area contributed by atoms with Crippen molar-refractivity contribution in [1.82, 2.24) is 9.80 Å². The van der Waals surface area contributed by atoms with Gasteiger partial charge in [0.2, 0.25) is 0 Å². The molecular weight excluding hydrogens is 369 g/mol. The molecule has 2 aromatic carbocycles. The van der Waals surface area contributed by atoms with Gasteiger partial charge in [-0.05, 0) is 49.2 Å². The molecule has 2 saturated heterocycles. The lowest BCUT2D eigenvalue weighted by Crippen LogP contribution is -2.55. The quantitative estimate of drug-likeness (QED) is 0.835. The topological polar surface area (TPSA) is 39.2 Å². The number of benzene rings is 2. The van der Waals surface area contributed by atoms with Crippen molar-refractivity contribution in [3.8, 4) is 11.5 Å². The molecule has 5 nitrogen and oxygen atoms in total. The lowest BCUT2D eigenvalue weighted by molar-refractivity contribution is 0.0886. The Morgan fingerprint density at radius 2 is 1.86 bits per heavy atom. The number of halogens is 1. The van der Waals surface area contributed by atoms with Crippen LogP contribution >= 0.6 is 0 Å². The predicted octanol–water partition coefficient (Wildman–Crippen LogP) is 3.33. The maximum absolute atomic E-state index is 14.1. The van der Waals surface area contributed by atoms with Crippen molar-refractivity contribution >= 4 is 5.69 Å². The minimum Gasteiger partial charge on any atom is -0.504 e. The summed E-state index contributed by atoms with van der Waals surface area (Å²) in [6, 6.07) is 13.2. The summed E-state index contributed by atoms with van der Waals surface area (Å²) in [5.74, 6) is 0.579. The number of likely N-dealkylation sites (tertiary alicyclic amines) is 1. The van der Waals surface area contributed by atoms with Crippen LogP contribution in [0.4, 0.5) is 10.1 Å². The number of piperazine rings is 1. The molecule has 29 heavy (non-hydrogen) atoms. The van der Waals surface area contributed by atoms with E-state index in [-0.39, 0.29) is 11.6 Å². The van der Waals surface area contributed by atoms with Crippen LogP contribution in [0, 0.1) is 5.82 Å². The van der Waals surface area contributed by atoms with Crippen molar-refractivity contribution in [2.45, 2.75) is 25.4 Å². The molecule has 2 aliphatic rings. The summed E-state index contributed by atoms with van der Waals surface area (Å²) in [7, 11) is 1.58. The second-order valence-electron chi connectivity index (χ2n) is 8.01. The summed E-state index contributed by atoms with van der Waals surface area (Å²) in [4.78, 5) is 7.22. The highest BCUT2D eigenvalue weighted by Gasteiger charge is 2.28. The molecule has 1 N–H and O–H groups in total. The van der Waals surface area contributed by atoms with Gasteiger partial charge in [0.15, 0.2) is 11.5 Å². The Morgan fingerprint density at radius 3 is 2.62 bits per heavy atom. The molecule has 2 fully saturated rings. The van der Waals surface area contributed by atoms with Gasteiger partial charge in [-0.2, -0.15) is 0 Å². The molecule has 6 heteroatoms. The van der Waals surface area contributed by atoms with Crippen molar-refractivity contribution in [3.05, 3.63) is 53.8 Å². The molecule has 0 radical (unpaired) electrons. The van der Waals surface area contributed by atoms with E-state index in [2.05, 4.69) is 14.7 Å². The average Bonchev–Trinajstić information content (AvgIpc) is 2.76. The number of rotatable bonds is 5. The van der Waals surface area contributed by atoms with Gasteiger partial charge in [-0.15, -0.1) is 0 Å². The van der Waals surface area contributed by atoms with Crippen molar-refractivity contribution in [3.63, 3.8) is 0 Å². The number of phenols is 1. The first kappa shape index (κ1) is 20.0. The first-order chi connectivity index (χ1) is 14.1. The number of methoxy groups -OCH3 is 1. The fourth-order valence-corrected chi connectivity index (χ4v) is 4.59. The maximum atomic E-state index is 14.1. The summed E-state index contributed by atoms with van der Waals surface area (Å²) < 4.78 is 19.3. The Bertz CT molecular complexity index is 824. The molecule has 1 unspecified atom stereocenters. The minimum atomic E-state index is -0.130. The van der Waals surface area contributed by atoms with Crippen LogP contribution in [0.15, 0.2) is 42.5 Å². The van der Waals surface area contributed by atoms with Crippen LogP contribution in [0.1, 0.15) is 18.4 Å². The largest absolute Gasteiger partial charge is 0.504 e. The molecule has 0 bridgehead atoms. The van der Waals surface area contributed by atoms with Gasteiger partial charge in [-0.1, -0.05) is 18.2 Å². The van der Waals surface area contributed by atoms with E-state index in [1.165, 1.54) is 12.8 Å². The molecule has 156 valence electrons. The van der Waals surface area contributed by atoms with Crippen LogP contribution in [-0.4, -0.2) is 67.3 Å². The number of phenolic OH excluding ortho intramolecular Hbond substituents is 1. The fourth-order valence-electron chi connectivity index (χ4n) is 4.59. The SMILES string of the molecule is COc1cc(CN2CCCC(N3CCN(c4ccccc4F)CC3)C2)ccc1O. The number of ether oxygens (including phenoxy) is 1. The Kier molecular flexibility index (Phi) is 6.21. The van der Waals surface area contributed by atoms with E-state index in [9.17, 15) is 9.50 Å². The summed E-state index contributed by atoms with van der Waals surface area (Å²) in [5.41, 5.74) is 1.88. The zero-order chi connectivity index (χ0) is 20.2. The summed E-state index contributed by atoms with van der Waals surface area (Å²) in [6.07, 6.45) is 2.41. The standard InChI is InChI=1S/C23H30FN3O2/c1-29-23-15-18(8-9-22(23)28)16-25-10-4-5-19(17-25)26-11-13-27(14-12-26)21-7-3-2-6-20(21)24/h2-3,6-9,15,19,28H,4-5,10-14,16-17H2,1H3. The van der Waals surface area contributed by atoms with Crippen molar-refractivity contribution in [1.29, 1.82) is 0 Å². The van der Waals surface area contributed by atoms with Crippen LogP contribution in [0.25, 0.3) is 0 Å². The number of aromatic hydroxyl groups is 1. The third-order valence-electron chi connectivity index (χ3n) is 6.15. The van der Waals surface area contributed by atoms with Gasteiger partial charge in [0.1, 0.15) is 5.82 Å². The van der Waals surface area contributed by atoms with E-state index in [0.717, 1.165) is 57.1 Å². The summed E-state index contributed by atoms with van der Waals surface area (Å²) in [5, 5.41) is 9.80. The first-order valence-corrected chi connectivity index (χ1v) is 10.5. The van der Waals surface area contributed by atoms with E-state index in [0.29, 0.717) is 11.8 Å². The smallest absolute Gasteiger partial charge is 0.160 e. The van der Waals surface area contributed by atoms with E-state index in [1.54, 1.807) is 25.3 Å². The van der Waals surface area contributed by atoms with Crippen LogP contribution in [0.3, 0.4) is 0 Å². The Balaban J connectivity index is 1.33. The number of nitrogens with zero attached hydrogens (tertiary/aromatic N) is 3. The molecule has 4 rings (SSSR count). The average molecular weight is 400 g/mol. The van der Waals surface area contributed by atoms with Crippen molar-refractivity contribution in [2.75, 3.05) is 51.3 Å².